The molecule has 1 heterocycles. The van der Waals surface area contributed by atoms with E-state index in [0.717, 1.165) is 0 Å². The summed E-state index contributed by atoms with van der Waals surface area (Å²) in [7, 11) is 0. The third-order valence-corrected chi connectivity index (χ3v) is 3.90. The fraction of sp³-hybridized carbons (Fsp3) is 0.0500. The Bertz CT molecular complexity index is 1070. The first-order chi connectivity index (χ1) is 12.1. The van der Waals surface area contributed by atoms with E-state index in [1.165, 1.54) is 22.8 Å². The molecular formula is C20H12FN3O. The summed E-state index contributed by atoms with van der Waals surface area (Å²) >= 11 is 0. The van der Waals surface area contributed by atoms with E-state index in [1.54, 1.807) is 42.5 Å². The third-order valence-electron chi connectivity index (χ3n) is 3.90. The van der Waals surface area contributed by atoms with Crippen molar-refractivity contribution in [3.8, 4) is 23.4 Å². The fourth-order valence-electron chi connectivity index (χ4n) is 2.63. The molecular weight excluding hydrogens is 317 g/mol. The van der Waals surface area contributed by atoms with Crippen molar-refractivity contribution in [2.24, 2.45) is 0 Å². The monoisotopic (exact) mass is 329 g/mol. The minimum atomic E-state index is -0.447. The van der Waals surface area contributed by atoms with Crippen LogP contribution in [-0.2, 0) is 6.54 Å². The Kier molecular flexibility index (Phi) is 4.41. The standard InChI is InChI=1S/C20H12FN3O/c21-18-8-5-14(6-9-18)19-10-7-16(12-23)20(25)24(19)13-17-4-2-1-3-15(17)11-22/h1-10H,13H2. The molecule has 25 heavy (non-hydrogen) atoms. The molecule has 0 bridgehead atoms. The molecule has 0 spiro atoms. The van der Waals surface area contributed by atoms with Crippen molar-refractivity contribution in [2.75, 3.05) is 0 Å². The molecule has 0 atom stereocenters. The molecule has 1 aromatic heterocycles. The summed E-state index contributed by atoms with van der Waals surface area (Å²) in [6.07, 6.45) is 0. The van der Waals surface area contributed by atoms with Gasteiger partial charge in [-0.25, -0.2) is 4.39 Å². The van der Waals surface area contributed by atoms with E-state index < -0.39 is 5.56 Å². The molecule has 0 fully saturated rings. The van der Waals surface area contributed by atoms with Gasteiger partial charge in [-0.3, -0.25) is 4.79 Å². The lowest BCUT2D eigenvalue weighted by atomic mass is 10.1. The minimum absolute atomic E-state index is 0.0142. The van der Waals surface area contributed by atoms with Crippen LogP contribution in [0.4, 0.5) is 4.39 Å². The van der Waals surface area contributed by atoms with Gasteiger partial charge in [-0.15, -0.1) is 0 Å². The molecule has 0 saturated heterocycles. The van der Waals surface area contributed by atoms with Crippen molar-refractivity contribution in [3.05, 3.63) is 93.5 Å². The Morgan fingerprint density at radius 1 is 0.880 bits per heavy atom. The van der Waals surface area contributed by atoms with E-state index in [2.05, 4.69) is 6.07 Å². The van der Waals surface area contributed by atoms with Gasteiger partial charge in [0.05, 0.1) is 23.9 Å². The molecule has 3 rings (SSSR count). The van der Waals surface area contributed by atoms with E-state index in [1.807, 2.05) is 6.07 Å². The minimum Gasteiger partial charge on any atom is -0.303 e. The molecule has 0 N–H and O–H groups in total. The predicted molar refractivity (Wildman–Crippen MR) is 91.1 cm³/mol. The van der Waals surface area contributed by atoms with Crippen LogP contribution in [0.1, 0.15) is 16.7 Å². The third kappa shape index (κ3) is 3.17. The maximum absolute atomic E-state index is 13.2. The molecule has 0 aliphatic carbocycles. The first kappa shape index (κ1) is 16.2. The Labute approximate surface area is 143 Å². The van der Waals surface area contributed by atoms with Crippen LogP contribution in [0.5, 0.6) is 0 Å². The summed E-state index contributed by atoms with van der Waals surface area (Å²) in [4.78, 5) is 12.6. The average Bonchev–Trinajstić information content (AvgIpc) is 2.64. The Morgan fingerprint density at radius 3 is 2.24 bits per heavy atom. The van der Waals surface area contributed by atoms with E-state index in [4.69, 9.17) is 5.26 Å². The van der Waals surface area contributed by atoms with Gasteiger partial charge in [-0.1, -0.05) is 18.2 Å². The van der Waals surface area contributed by atoms with Crippen molar-refractivity contribution in [3.63, 3.8) is 0 Å². The van der Waals surface area contributed by atoms with Gasteiger partial charge in [0, 0.05) is 0 Å². The SMILES string of the molecule is N#Cc1ccccc1Cn1c(-c2ccc(F)cc2)ccc(C#N)c1=O. The van der Waals surface area contributed by atoms with Crippen LogP contribution >= 0.6 is 0 Å². The first-order valence-corrected chi connectivity index (χ1v) is 7.52. The number of aromatic nitrogens is 1. The highest BCUT2D eigenvalue weighted by Crippen LogP contribution is 2.20. The summed E-state index contributed by atoms with van der Waals surface area (Å²) in [5.41, 5.74) is 1.90. The van der Waals surface area contributed by atoms with Crippen LogP contribution in [0.25, 0.3) is 11.3 Å². The summed E-state index contributed by atoms with van der Waals surface area (Å²) in [6, 6.07) is 19.8. The zero-order valence-electron chi connectivity index (χ0n) is 13.1. The van der Waals surface area contributed by atoms with Gasteiger partial charge >= 0.3 is 0 Å². The van der Waals surface area contributed by atoms with Gasteiger partial charge in [0.1, 0.15) is 17.4 Å². The predicted octanol–water partition coefficient (Wildman–Crippen LogP) is 3.45. The maximum Gasteiger partial charge on any atom is 0.269 e. The largest absolute Gasteiger partial charge is 0.303 e. The molecule has 0 aliphatic rings. The normalized spacial score (nSPS) is 10.0. The van der Waals surface area contributed by atoms with Crippen LogP contribution in [0.2, 0.25) is 0 Å². The van der Waals surface area contributed by atoms with Gasteiger partial charge in [0.15, 0.2) is 0 Å². The Balaban J connectivity index is 2.20. The van der Waals surface area contributed by atoms with E-state index in [9.17, 15) is 14.4 Å². The van der Waals surface area contributed by atoms with Crippen molar-refractivity contribution in [2.45, 2.75) is 6.54 Å². The number of pyridine rings is 1. The highest BCUT2D eigenvalue weighted by molar-refractivity contribution is 5.60. The number of nitriles is 2. The topological polar surface area (TPSA) is 69.6 Å². The number of hydrogen-bond acceptors (Lipinski definition) is 3. The van der Waals surface area contributed by atoms with Crippen LogP contribution in [-0.4, -0.2) is 4.57 Å². The maximum atomic E-state index is 13.2. The van der Waals surface area contributed by atoms with Gasteiger partial charge in [0.2, 0.25) is 0 Å². The van der Waals surface area contributed by atoms with Crippen molar-refractivity contribution in [1.82, 2.24) is 4.57 Å². The van der Waals surface area contributed by atoms with Gasteiger partial charge in [-0.05, 0) is 53.6 Å². The number of hydrogen-bond donors (Lipinski definition) is 0. The summed E-state index contributed by atoms with van der Waals surface area (Å²) < 4.78 is 14.6. The lowest BCUT2D eigenvalue weighted by Gasteiger charge is -2.14. The highest BCUT2D eigenvalue weighted by atomic mass is 19.1. The molecule has 120 valence electrons. The number of rotatable bonds is 3. The van der Waals surface area contributed by atoms with Crippen molar-refractivity contribution >= 4 is 0 Å². The van der Waals surface area contributed by atoms with E-state index in [0.29, 0.717) is 22.4 Å². The fourth-order valence-corrected chi connectivity index (χ4v) is 2.63. The van der Waals surface area contributed by atoms with Crippen LogP contribution in [0.15, 0.2) is 65.5 Å². The molecule has 3 aromatic rings. The molecule has 0 saturated carbocycles. The molecule has 0 amide bonds. The lowest BCUT2D eigenvalue weighted by molar-refractivity contribution is 0.628. The summed E-state index contributed by atoms with van der Waals surface area (Å²) in [5.74, 6) is -0.374. The second-order valence-corrected chi connectivity index (χ2v) is 5.41. The number of halogens is 1. The van der Waals surface area contributed by atoms with Crippen LogP contribution in [0, 0.1) is 28.5 Å². The highest BCUT2D eigenvalue weighted by Gasteiger charge is 2.12. The van der Waals surface area contributed by atoms with E-state index >= 15 is 0 Å². The molecule has 4 nitrogen and oxygen atoms in total. The van der Waals surface area contributed by atoms with Crippen LogP contribution in [0.3, 0.4) is 0 Å². The van der Waals surface area contributed by atoms with Gasteiger partial charge < -0.3 is 4.57 Å². The van der Waals surface area contributed by atoms with Gasteiger partial charge in [0.25, 0.3) is 5.56 Å². The lowest BCUT2D eigenvalue weighted by Crippen LogP contribution is -2.25. The summed E-state index contributed by atoms with van der Waals surface area (Å²) in [5, 5.41) is 18.4. The second-order valence-electron chi connectivity index (χ2n) is 5.41. The molecule has 0 radical (unpaired) electrons. The van der Waals surface area contributed by atoms with E-state index in [-0.39, 0.29) is 17.9 Å². The molecule has 0 aliphatic heterocycles. The number of benzene rings is 2. The zero-order valence-corrected chi connectivity index (χ0v) is 13.1. The number of nitrogens with zero attached hydrogens (tertiary/aromatic N) is 3. The van der Waals surface area contributed by atoms with Crippen molar-refractivity contribution in [1.29, 1.82) is 10.5 Å². The van der Waals surface area contributed by atoms with Crippen molar-refractivity contribution < 1.29 is 4.39 Å². The first-order valence-electron chi connectivity index (χ1n) is 7.52. The molecule has 0 unspecified atom stereocenters. The molecule has 5 heteroatoms. The summed E-state index contributed by atoms with van der Waals surface area (Å²) in [6.45, 7) is 0.144. The average molecular weight is 329 g/mol. The Morgan fingerprint density at radius 2 is 1.56 bits per heavy atom. The molecule has 2 aromatic carbocycles. The van der Waals surface area contributed by atoms with Crippen LogP contribution < -0.4 is 5.56 Å². The second kappa shape index (κ2) is 6.82. The zero-order chi connectivity index (χ0) is 17.8. The quantitative estimate of drug-likeness (QED) is 0.739. The van der Waals surface area contributed by atoms with Gasteiger partial charge in [-0.2, -0.15) is 10.5 Å². The Hall–Kier alpha value is -3.70. The smallest absolute Gasteiger partial charge is 0.269 e.